The van der Waals surface area contributed by atoms with E-state index in [-0.39, 0.29) is 18.2 Å². The Morgan fingerprint density at radius 1 is 1.33 bits per heavy atom. The minimum absolute atomic E-state index is 0.0305. The van der Waals surface area contributed by atoms with E-state index in [9.17, 15) is 4.79 Å². The molecule has 7 heteroatoms. The second-order valence-electron chi connectivity index (χ2n) is 5.84. The maximum Gasteiger partial charge on any atom is 0.321 e. The molecule has 2 N–H and O–H groups in total. The average Bonchev–Trinajstić information content (AvgIpc) is 3.03. The fraction of sp³-hybridized carbons (Fsp3) is 0.471. The van der Waals surface area contributed by atoms with Gasteiger partial charge in [0, 0.05) is 19.1 Å². The highest BCUT2D eigenvalue weighted by molar-refractivity contribution is 7.15. The summed E-state index contributed by atoms with van der Waals surface area (Å²) in [5.74, 6) is 0. The quantitative estimate of drug-likeness (QED) is 0.868. The molecule has 0 unspecified atom stereocenters. The molecule has 2 amide bonds. The van der Waals surface area contributed by atoms with Gasteiger partial charge >= 0.3 is 6.03 Å². The molecule has 128 valence electrons. The zero-order valence-corrected chi connectivity index (χ0v) is 14.5. The molecule has 1 aromatic carbocycles. The molecular formula is C17H22N4O2S. The molecule has 1 aliphatic rings. The number of nitrogens with zero attached hydrogens (tertiary/aromatic N) is 2. The Balaban J connectivity index is 1.52. The van der Waals surface area contributed by atoms with Crippen LogP contribution in [0.25, 0.3) is 0 Å². The molecule has 24 heavy (non-hydrogen) atoms. The first-order chi connectivity index (χ1) is 11.7. The lowest BCUT2D eigenvalue weighted by molar-refractivity contribution is 0.00254. The molecule has 2 aromatic rings. The molecule has 0 spiro atoms. The van der Waals surface area contributed by atoms with Crippen molar-refractivity contribution >= 4 is 22.5 Å². The molecule has 0 bridgehead atoms. The van der Waals surface area contributed by atoms with Crippen molar-refractivity contribution in [2.45, 2.75) is 44.8 Å². The monoisotopic (exact) mass is 346 g/mol. The van der Waals surface area contributed by atoms with E-state index in [0.29, 0.717) is 11.7 Å². The predicted molar refractivity (Wildman–Crippen MR) is 94.2 cm³/mol. The van der Waals surface area contributed by atoms with Gasteiger partial charge in [0.2, 0.25) is 5.13 Å². The Labute approximate surface area is 145 Å². The minimum atomic E-state index is -0.229. The first kappa shape index (κ1) is 16.9. The van der Waals surface area contributed by atoms with Gasteiger partial charge in [-0.25, -0.2) is 4.79 Å². The number of hydrogen-bond acceptors (Lipinski definition) is 5. The molecule has 1 fully saturated rings. The van der Waals surface area contributed by atoms with E-state index in [2.05, 4.69) is 39.9 Å². The van der Waals surface area contributed by atoms with Crippen LogP contribution in [0.4, 0.5) is 9.93 Å². The molecule has 2 heterocycles. The van der Waals surface area contributed by atoms with Gasteiger partial charge in [-0.3, -0.25) is 5.32 Å². The third-order valence-electron chi connectivity index (χ3n) is 3.94. The summed E-state index contributed by atoms with van der Waals surface area (Å²) in [4.78, 5) is 12.2. The summed E-state index contributed by atoms with van der Waals surface area (Å²) in [6.07, 6.45) is 3.52. The molecule has 1 aromatic heterocycles. The Morgan fingerprint density at radius 2 is 2.17 bits per heavy atom. The molecule has 0 radical (unpaired) electrons. The lowest BCUT2D eigenvalue weighted by atomic mass is 9.97. The van der Waals surface area contributed by atoms with Crippen molar-refractivity contribution in [1.82, 2.24) is 15.5 Å². The van der Waals surface area contributed by atoms with E-state index < -0.39 is 0 Å². The van der Waals surface area contributed by atoms with Crippen molar-refractivity contribution in [3.8, 4) is 0 Å². The summed E-state index contributed by atoms with van der Waals surface area (Å²) in [6.45, 7) is 2.74. The Bertz CT molecular complexity index is 662. The van der Waals surface area contributed by atoms with Crippen LogP contribution in [0.5, 0.6) is 0 Å². The van der Waals surface area contributed by atoms with Crippen LogP contribution < -0.4 is 10.6 Å². The van der Waals surface area contributed by atoms with Crippen LogP contribution in [-0.4, -0.2) is 28.9 Å². The first-order valence-corrected chi connectivity index (χ1v) is 9.12. The Hall–Kier alpha value is -1.99. The number of carbonyl (C=O) groups excluding carboxylic acids is 1. The molecule has 6 nitrogen and oxygen atoms in total. The van der Waals surface area contributed by atoms with Gasteiger partial charge in [0.25, 0.3) is 0 Å². The minimum Gasteiger partial charge on any atom is -0.373 e. The van der Waals surface area contributed by atoms with E-state index in [1.54, 1.807) is 0 Å². The van der Waals surface area contributed by atoms with Crippen molar-refractivity contribution in [3.05, 3.63) is 40.9 Å². The van der Waals surface area contributed by atoms with E-state index >= 15 is 0 Å². The normalized spacial score (nSPS) is 20.5. The van der Waals surface area contributed by atoms with Crippen LogP contribution in [0.2, 0.25) is 0 Å². The molecule has 0 saturated carbocycles. The summed E-state index contributed by atoms with van der Waals surface area (Å²) in [7, 11) is 0. The number of benzene rings is 1. The largest absolute Gasteiger partial charge is 0.373 e. The standard InChI is InChI=1S/C17H22N4O2S/c1-2-6-15-20-21-17(24-15)19-16(22)18-13-9-10-23-14(11-13)12-7-4-3-5-8-12/h3-5,7-8,13-14H,2,6,9-11H2,1H3,(H2,18,19,21,22)/t13-,14+/m1/s1. The van der Waals surface area contributed by atoms with Crippen LogP contribution in [-0.2, 0) is 11.2 Å². The summed E-state index contributed by atoms with van der Waals surface area (Å²) in [5.41, 5.74) is 1.15. The Kier molecular flexibility index (Phi) is 5.77. The fourth-order valence-corrected chi connectivity index (χ4v) is 3.60. The third-order valence-corrected chi connectivity index (χ3v) is 4.84. The summed E-state index contributed by atoms with van der Waals surface area (Å²) in [6, 6.07) is 9.98. The number of rotatable bonds is 5. The lowest BCUT2D eigenvalue weighted by Gasteiger charge is -2.30. The number of urea groups is 1. The number of aromatic nitrogens is 2. The molecule has 2 atom stereocenters. The van der Waals surface area contributed by atoms with E-state index in [1.165, 1.54) is 11.3 Å². The average molecular weight is 346 g/mol. The maximum absolute atomic E-state index is 12.2. The number of hydrogen-bond donors (Lipinski definition) is 2. The molecule has 1 aliphatic heterocycles. The topological polar surface area (TPSA) is 76.1 Å². The van der Waals surface area contributed by atoms with Crippen LogP contribution >= 0.6 is 11.3 Å². The number of aryl methyl sites for hydroxylation is 1. The van der Waals surface area contributed by atoms with Gasteiger partial charge in [0.15, 0.2) is 0 Å². The summed E-state index contributed by atoms with van der Waals surface area (Å²) < 4.78 is 5.83. The second kappa shape index (κ2) is 8.21. The Morgan fingerprint density at radius 3 is 2.96 bits per heavy atom. The number of amides is 2. The van der Waals surface area contributed by atoms with Crippen LogP contribution in [0, 0.1) is 0 Å². The predicted octanol–water partition coefficient (Wildman–Crippen LogP) is 3.53. The zero-order valence-electron chi connectivity index (χ0n) is 13.7. The second-order valence-corrected chi connectivity index (χ2v) is 6.90. The van der Waals surface area contributed by atoms with Crippen molar-refractivity contribution in [1.29, 1.82) is 0 Å². The van der Waals surface area contributed by atoms with Gasteiger partial charge in [0.05, 0.1) is 6.10 Å². The maximum atomic E-state index is 12.2. The zero-order chi connectivity index (χ0) is 16.8. The van der Waals surface area contributed by atoms with Gasteiger partial charge < -0.3 is 10.1 Å². The van der Waals surface area contributed by atoms with Crippen LogP contribution in [0.3, 0.4) is 0 Å². The van der Waals surface area contributed by atoms with Crippen molar-refractivity contribution < 1.29 is 9.53 Å². The fourth-order valence-electron chi connectivity index (χ4n) is 2.77. The highest BCUT2D eigenvalue weighted by atomic mass is 32.1. The molecular weight excluding hydrogens is 324 g/mol. The van der Waals surface area contributed by atoms with E-state index in [0.717, 1.165) is 36.3 Å². The van der Waals surface area contributed by atoms with Crippen LogP contribution in [0.1, 0.15) is 42.9 Å². The van der Waals surface area contributed by atoms with Crippen LogP contribution in [0.15, 0.2) is 30.3 Å². The summed E-state index contributed by atoms with van der Waals surface area (Å²) >= 11 is 1.43. The van der Waals surface area contributed by atoms with Crippen molar-refractivity contribution in [3.63, 3.8) is 0 Å². The highest BCUT2D eigenvalue weighted by Crippen LogP contribution is 2.28. The van der Waals surface area contributed by atoms with Crippen molar-refractivity contribution in [2.75, 3.05) is 11.9 Å². The molecule has 0 aliphatic carbocycles. The van der Waals surface area contributed by atoms with Crippen molar-refractivity contribution in [2.24, 2.45) is 0 Å². The number of ether oxygens (including phenoxy) is 1. The summed E-state index contributed by atoms with van der Waals surface area (Å²) in [5, 5.41) is 15.4. The van der Waals surface area contributed by atoms with Gasteiger partial charge in [-0.1, -0.05) is 48.6 Å². The third kappa shape index (κ3) is 4.52. The SMILES string of the molecule is CCCc1nnc(NC(=O)N[C@@H]2CCO[C@H](c3ccccc3)C2)s1. The van der Waals surface area contributed by atoms with E-state index in [1.807, 2.05) is 18.2 Å². The van der Waals surface area contributed by atoms with Gasteiger partial charge in [-0.05, 0) is 24.8 Å². The smallest absolute Gasteiger partial charge is 0.321 e. The number of nitrogens with one attached hydrogen (secondary N) is 2. The number of carbonyl (C=O) groups is 1. The van der Waals surface area contributed by atoms with E-state index in [4.69, 9.17) is 4.74 Å². The first-order valence-electron chi connectivity index (χ1n) is 8.31. The lowest BCUT2D eigenvalue weighted by Crippen LogP contribution is -2.42. The number of anilines is 1. The van der Waals surface area contributed by atoms with Gasteiger partial charge in [0.1, 0.15) is 5.01 Å². The van der Waals surface area contributed by atoms with Gasteiger partial charge in [-0.15, -0.1) is 10.2 Å². The molecule has 3 rings (SSSR count). The van der Waals surface area contributed by atoms with Gasteiger partial charge in [-0.2, -0.15) is 0 Å². The molecule has 1 saturated heterocycles. The highest BCUT2D eigenvalue weighted by Gasteiger charge is 2.25.